The van der Waals surface area contributed by atoms with Crippen LogP contribution in [-0.2, 0) is 9.63 Å². The maximum Gasteiger partial charge on any atom is 0.257 e. The van der Waals surface area contributed by atoms with E-state index in [0.717, 1.165) is 11.4 Å². The van der Waals surface area contributed by atoms with Crippen molar-refractivity contribution < 1.29 is 19.9 Å². The molecule has 0 bridgehead atoms. The summed E-state index contributed by atoms with van der Waals surface area (Å²) < 4.78 is 0. The van der Waals surface area contributed by atoms with Gasteiger partial charge in [-0.25, -0.2) is 10.7 Å². The van der Waals surface area contributed by atoms with Crippen LogP contribution in [0.1, 0.15) is 24.2 Å². The van der Waals surface area contributed by atoms with Crippen LogP contribution in [0.2, 0.25) is 0 Å². The van der Waals surface area contributed by atoms with Gasteiger partial charge < -0.3 is 16.1 Å². The third-order valence-electron chi connectivity index (χ3n) is 4.93. The molecule has 2 aromatic rings. The highest BCUT2D eigenvalue weighted by Crippen LogP contribution is 2.35. The number of hydrazine groups is 1. The number of nitrogens with two attached hydrogens (primary N) is 3. The van der Waals surface area contributed by atoms with Crippen molar-refractivity contribution in [1.82, 2.24) is 5.01 Å². The third kappa shape index (κ3) is 5.02. The molecule has 0 atom stereocenters. The summed E-state index contributed by atoms with van der Waals surface area (Å²) in [4.78, 5) is 32.7. The van der Waals surface area contributed by atoms with E-state index in [-0.39, 0.29) is 17.2 Å². The molecule has 0 radical (unpaired) electrons. The molecule has 170 valence electrons. The monoisotopic (exact) mass is 458 g/mol. The van der Waals surface area contributed by atoms with Gasteiger partial charge in [-0.05, 0) is 55.9 Å². The van der Waals surface area contributed by atoms with Gasteiger partial charge in [-0.1, -0.05) is 0 Å². The Morgan fingerprint density at radius 3 is 2.50 bits per heavy atom. The molecule has 10 nitrogen and oxygen atoms in total. The predicted molar refractivity (Wildman–Crippen MR) is 125 cm³/mol. The normalized spacial score (nSPS) is 15.3. The largest absolute Gasteiger partial charge is 0.322 e. The zero-order valence-corrected chi connectivity index (χ0v) is 19.3. The number of rotatable bonds is 6. The molecule has 32 heavy (non-hydrogen) atoms. The summed E-state index contributed by atoms with van der Waals surface area (Å²) in [5, 5.41) is 8.18. The van der Waals surface area contributed by atoms with Crippen molar-refractivity contribution in [3.05, 3.63) is 48.0 Å². The zero-order chi connectivity index (χ0) is 23.5. The first-order chi connectivity index (χ1) is 15.2. The Kier molecular flexibility index (Phi) is 7.04. The van der Waals surface area contributed by atoms with E-state index in [1.807, 2.05) is 32.0 Å². The number of carbonyl (C=O) groups excluding carboxylic acids is 2. The number of amides is 2. The number of anilines is 2. The number of quaternary nitrogens is 1. The van der Waals surface area contributed by atoms with Crippen LogP contribution in [0.5, 0.6) is 0 Å². The Hall–Kier alpha value is -3.12. The van der Waals surface area contributed by atoms with Crippen LogP contribution < -0.4 is 27.4 Å². The van der Waals surface area contributed by atoms with Crippen molar-refractivity contribution in [1.29, 1.82) is 0 Å². The number of thioether (sulfide) groups is 1. The fraction of sp³-hybridized carbons (Fsp3) is 0.286. The number of hydrogen-bond acceptors (Lipinski definition) is 7. The fourth-order valence-electron chi connectivity index (χ4n) is 3.25. The van der Waals surface area contributed by atoms with Crippen molar-refractivity contribution in [2.24, 2.45) is 22.2 Å². The Morgan fingerprint density at radius 1 is 1.28 bits per heavy atom. The highest BCUT2D eigenvalue weighted by Gasteiger charge is 2.44. The molecule has 7 N–H and O–H groups in total. The molecule has 11 heteroatoms. The molecule has 0 aliphatic carbocycles. The summed E-state index contributed by atoms with van der Waals surface area (Å²) in [5.74, 6) is 10.9. The minimum atomic E-state index is -0.325. The molecule has 3 rings (SSSR count). The van der Waals surface area contributed by atoms with Gasteiger partial charge in [0.2, 0.25) is 11.1 Å². The highest BCUT2D eigenvalue weighted by atomic mass is 32.2. The Balaban J connectivity index is 1.80. The van der Waals surface area contributed by atoms with E-state index < -0.39 is 0 Å². The van der Waals surface area contributed by atoms with Gasteiger partial charge in [-0.15, -0.1) is 0 Å². The molecule has 1 fully saturated rings. The van der Waals surface area contributed by atoms with Crippen molar-refractivity contribution >= 4 is 45.8 Å². The molecule has 0 aromatic heterocycles. The SMILES string of the molecule is CO[NH2+]c1ccc(S/C(=N/N)N(C)N)c(C(=O)Nc2ccc(N3CC(C)(C)C3=O)cc2)c1. The number of nitrogens with zero attached hydrogens (tertiary/aromatic N) is 3. The van der Waals surface area contributed by atoms with Crippen molar-refractivity contribution in [2.45, 2.75) is 18.7 Å². The van der Waals surface area contributed by atoms with E-state index in [0.29, 0.717) is 27.9 Å². The third-order valence-corrected chi connectivity index (χ3v) is 6.08. The first-order valence-corrected chi connectivity index (χ1v) is 10.7. The van der Waals surface area contributed by atoms with Crippen LogP contribution in [0.15, 0.2) is 52.5 Å². The zero-order valence-electron chi connectivity index (χ0n) is 18.5. The van der Waals surface area contributed by atoms with Gasteiger partial charge in [0.05, 0.1) is 18.1 Å². The number of nitrogens with one attached hydrogen (secondary N) is 1. The molecule has 1 saturated heterocycles. The average Bonchev–Trinajstić information content (AvgIpc) is 2.77. The second-order valence-electron chi connectivity index (χ2n) is 8.01. The van der Waals surface area contributed by atoms with Gasteiger partial charge in [0.1, 0.15) is 0 Å². The molecule has 0 saturated carbocycles. The maximum atomic E-state index is 13.1. The van der Waals surface area contributed by atoms with Gasteiger partial charge in [0, 0.05) is 42.0 Å². The van der Waals surface area contributed by atoms with Gasteiger partial charge in [-0.3, -0.25) is 14.6 Å². The minimum absolute atomic E-state index is 0.0874. The number of hydrazone groups is 1. The summed E-state index contributed by atoms with van der Waals surface area (Å²) in [7, 11) is 3.15. The number of β-lactam (4-membered cyclic amide) rings is 1. The summed E-state index contributed by atoms with van der Waals surface area (Å²) in [6, 6.07) is 12.5. The molecule has 1 aliphatic heterocycles. The number of amidine groups is 1. The van der Waals surface area contributed by atoms with Crippen molar-refractivity contribution in [3.8, 4) is 0 Å². The van der Waals surface area contributed by atoms with Crippen LogP contribution in [0.4, 0.5) is 17.1 Å². The fourth-order valence-corrected chi connectivity index (χ4v) is 4.04. The summed E-state index contributed by atoms with van der Waals surface area (Å²) in [5.41, 5.74) is 3.76. The lowest BCUT2D eigenvalue weighted by Crippen LogP contribution is -2.75. The van der Waals surface area contributed by atoms with Crippen LogP contribution in [-0.4, -0.2) is 42.7 Å². The van der Waals surface area contributed by atoms with Gasteiger partial charge in [-0.2, -0.15) is 10.6 Å². The quantitative estimate of drug-likeness (QED) is 0.0968. The van der Waals surface area contributed by atoms with Crippen molar-refractivity contribution in [2.75, 3.05) is 30.9 Å². The second kappa shape index (κ2) is 9.57. The lowest BCUT2D eigenvalue weighted by molar-refractivity contribution is -0.830. The molecule has 1 aliphatic rings. The number of carbonyl (C=O) groups is 2. The van der Waals surface area contributed by atoms with E-state index in [1.165, 1.54) is 23.9 Å². The van der Waals surface area contributed by atoms with Crippen LogP contribution in [0.25, 0.3) is 0 Å². The molecule has 2 amide bonds. The number of hydrogen-bond donors (Lipinski definition) is 4. The Bertz CT molecular complexity index is 1040. The molecule has 1 heterocycles. The molecular weight excluding hydrogens is 430 g/mol. The van der Waals surface area contributed by atoms with Gasteiger partial charge in [0.15, 0.2) is 5.69 Å². The molecule has 2 aromatic carbocycles. The summed E-state index contributed by atoms with van der Waals surface area (Å²) >= 11 is 1.17. The van der Waals surface area contributed by atoms with Crippen LogP contribution in [0, 0.1) is 5.41 Å². The molecule has 0 unspecified atom stereocenters. The number of benzene rings is 2. The predicted octanol–water partition coefficient (Wildman–Crippen LogP) is 1.20. The summed E-state index contributed by atoms with van der Waals surface area (Å²) in [6.07, 6.45) is 0. The van der Waals surface area contributed by atoms with E-state index in [2.05, 4.69) is 10.4 Å². The Morgan fingerprint density at radius 2 is 1.97 bits per heavy atom. The topological polar surface area (TPSA) is 143 Å². The van der Waals surface area contributed by atoms with E-state index in [1.54, 1.807) is 41.7 Å². The maximum absolute atomic E-state index is 13.1. The average molecular weight is 459 g/mol. The summed E-state index contributed by atoms with van der Waals surface area (Å²) in [6.45, 7) is 4.52. The second-order valence-corrected chi connectivity index (χ2v) is 9.02. The smallest absolute Gasteiger partial charge is 0.257 e. The molecule has 0 spiro atoms. The van der Waals surface area contributed by atoms with Gasteiger partial charge >= 0.3 is 0 Å². The standard InChI is InChI=1S/C21H27N7O3S/c1-21(2)12-28(19(21)30)15-8-5-13(6-9-15)24-18(29)16-11-14(26-31-4)7-10-17(16)32-20(25-22)27(3)23/h5-11,26H,12,22-23H2,1-4H3,(H,24,29)/p+1/b25-20+. The van der Waals surface area contributed by atoms with Gasteiger partial charge in [0.25, 0.3) is 5.91 Å². The first kappa shape index (κ1) is 23.5. The van der Waals surface area contributed by atoms with E-state index in [4.69, 9.17) is 16.5 Å². The highest BCUT2D eigenvalue weighted by molar-refractivity contribution is 8.13. The van der Waals surface area contributed by atoms with Crippen LogP contribution >= 0.6 is 11.8 Å². The Labute approximate surface area is 190 Å². The minimum Gasteiger partial charge on any atom is -0.322 e. The lowest BCUT2D eigenvalue weighted by Gasteiger charge is -2.44. The van der Waals surface area contributed by atoms with E-state index in [9.17, 15) is 9.59 Å². The van der Waals surface area contributed by atoms with Crippen molar-refractivity contribution in [3.63, 3.8) is 0 Å². The lowest BCUT2D eigenvalue weighted by atomic mass is 9.83. The van der Waals surface area contributed by atoms with Crippen LogP contribution in [0.3, 0.4) is 0 Å². The first-order valence-electron chi connectivity index (χ1n) is 9.84. The van der Waals surface area contributed by atoms with E-state index >= 15 is 0 Å². The molecular formula is C21H28N7O3S+.